The highest BCUT2D eigenvalue weighted by Crippen LogP contribution is 2.26. The molecule has 0 aliphatic rings. The molecule has 0 aliphatic carbocycles. The van der Waals surface area contributed by atoms with Gasteiger partial charge in [-0.3, -0.25) is 0 Å². The van der Waals surface area contributed by atoms with Gasteiger partial charge in [0.05, 0.1) is 13.4 Å². The van der Waals surface area contributed by atoms with E-state index < -0.39 is 0 Å². The van der Waals surface area contributed by atoms with Crippen LogP contribution < -0.4 is 15.4 Å². The van der Waals surface area contributed by atoms with Gasteiger partial charge in [-0.05, 0) is 31.5 Å². The average molecular weight is 398 g/mol. The van der Waals surface area contributed by atoms with E-state index in [1.165, 1.54) is 0 Å². The fourth-order valence-electron chi connectivity index (χ4n) is 2.87. The summed E-state index contributed by atoms with van der Waals surface area (Å²) < 4.78 is 7.16. The van der Waals surface area contributed by atoms with Crippen LogP contribution in [0.3, 0.4) is 0 Å². The number of carbonyl (C=O) groups excluding carboxylic acids is 1. The summed E-state index contributed by atoms with van der Waals surface area (Å²) in [5.41, 5.74) is 2.05. The Morgan fingerprint density at radius 1 is 1.31 bits per heavy atom. The Morgan fingerprint density at radius 3 is 2.86 bits per heavy atom. The summed E-state index contributed by atoms with van der Waals surface area (Å²) in [5, 5.41) is 16.5. The summed E-state index contributed by atoms with van der Waals surface area (Å²) >= 11 is 0. The van der Waals surface area contributed by atoms with Crippen LogP contribution >= 0.6 is 0 Å². The maximum absolute atomic E-state index is 10.8. The monoisotopic (exact) mass is 398 g/mol. The van der Waals surface area contributed by atoms with E-state index in [2.05, 4.69) is 25.6 Å². The van der Waals surface area contributed by atoms with Crippen molar-refractivity contribution in [1.29, 1.82) is 0 Å². The molecule has 0 bridgehead atoms. The number of ether oxygens (including phenoxy) is 1. The Morgan fingerprint density at radius 2 is 2.14 bits per heavy atom. The molecule has 1 unspecified atom stereocenters. The standard InChI is InChI=1S/C20H26N6O3/c1-4-26-12-23-17-18(22-10-14-9-15(29-3)5-6-16(14)28)24-20(25-19(17)26)21-8-7-13(2)11-27/h5-6,9,11-13,28H,4,7-8,10H2,1-3H3,(H2,21,22,24,25). The first-order valence-electron chi connectivity index (χ1n) is 9.57. The first-order valence-corrected chi connectivity index (χ1v) is 9.57. The number of phenolic OH excluding ortho intramolecular Hbond substituents is 1. The second-order valence-corrected chi connectivity index (χ2v) is 6.78. The first kappa shape index (κ1) is 20.4. The van der Waals surface area contributed by atoms with Crippen LogP contribution in [0.2, 0.25) is 0 Å². The molecule has 9 nitrogen and oxygen atoms in total. The Labute approximate surface area is 169 Å². The number of anilines is 2. The van der Waals surface area contributed by atoms with Crippen molar-refractivity contribution in [3.63, 3.8) is 0 Å². The second-order valence-electron chi connectivity index (χ2n) is 6.78. The molecule has 0 fully saturated rings. The third kappa shape index (κ3) is 4.74. The maximum Gasteiger partial charge on any atom is 0.226 e. The molecule has 0 saturated carbocycles. The summed E-state index contributed by atoms with van der Waals surface area (Å²) in [7, 11) is 1.58. The van der Waals surface area contributed by atoms with Crippen LogP contribution in [0.4, 0.5) is 11.8 Å². The van der Waals surface area contributed by atoms with Crippen LogP contribution in [0.25, 0.3) is 11.2 Å². The fraction of sp³-hybridized carbons (Fsp3) is 0.400. The van der Waals surface area contributed by atoms with Crippen molar-refractivity contribution < 1.29 is 14.6 Å². The van der Waals surface area contributed by atoms with Crippen LogP contribution in [0.15, 0.2) is 24.5 Å². The van der Waals surface area contributed by atoms with Crippen LogP contribution in [0, 0.1) is 5.92 Å². The molecule has 0 spiro atoms. The van der Waals surface area contributed by atoms with E-state index in [1.54, 1.807) is 31.6 Å². The molecule has 154 valence electrons. The zero-order valence-corrected chi connectivity index (χ0v) is 16.8. The van der Waals surface area contributed by atoms with Crippen molar-refractivity contribution >= 4 is 29.2 Å². The number of rotatable bonds is 10. The highest BCUT2D eigenvalue weighted by Gasteiger charge is 2.14. The van der Waals surface area contributed by atoms with Gasteiger partial charge >= 0.3 is 0 Å². The van der Waals surface area contributed by atoms with Crippen molar-refractivity contribution in [3.05, 3.63) is 30.1 Å². The zero-order valence-electron chi connectivity index (χ0n) is 16.8. The first-order chi connectivity index (χ1) is 14.0. The number of aromatic hydroxyl groups is 1. The van der Waals surface area contributed by atoms with E-state index >= 15 is 0 Å². The van der Waals surface area contributed by atoms with Gasteiger partial charge in [0.25, 0.3) is 0 Å². The SMILES string of the molecule is CCn1cnc2c(NCc3cc(OC)ccc3O)nc(NCCC(C)C=O)nc21. The van der Waals surface area contributed by atoms with Crippen LogP contribution in [-0.4, -0.2) is 44.6 Å². The van der Waals surface area contributed by atoms with Crippen molar-refractivity contribution in [2.75, 3.05) is 24.3 Å². The molecule has 0 amide bonds. The fourth-order valence-corrected chi connectivity index (χ4v) is 2.87. The third-order valence-corrected chi connectivity index (χ3v) is 4.65. The largest absolute Gasteiger partial charge is 0.508 e. The quantitative estimate of drug-likeness (QED) is 0.447. The minimum absolute atomic E-state index is 0.0268. The molecule has 3 aromatic rings. The number of phenols is 1. The lowest BCUT2D eigenvalue weighted by atomic mass is 10.1. The van der Waals surface area contributed by atoms with E-state index in [0.29, 0.717) is 53.8 Å². The number of methoxy groups -OCH3 is 1. The normalized spacial score (nSPS) is 12.0. The lowest BCUT2D eigenvalue weighted by Crippen LogP contribution is -2.12. The number of fused-ring (bicyclic) bond motifs is 1. The number of aldehydes is 1. The van der Waals surface area contributed by atoms with E-state index in [-0.39, 0.29) is 11.7 Å². The zero-order chi connectivity index (χ0) is 20.8. The predicted molar refractivity (Wildman–Crippen MR) is 111 cm³/mol. The molecule has 0 saturated heterocycles. The smallest absolute Gasteiger partial charge is 0.226 e. The van der Waals surface area contributed by atoms with E-state index in [1.807, 2.05) is 18.4 Å². The summed E-state index contributed by atoms with van der Waals surface area (Å²) in [5.74, 6) is 1.83. The summed E-state index contributed by atoms with van der Waals surface area (Å²) in [6.45, 7) is 5.55. The Hall–Kier alpha value is -3.36. The average Bonchev–Trinajstić information content (AvgIpc) is 3.16. The van der Waals surface area contributed by atoms with Gasteiger partial charge < -0.3 is 29.8 Å². The number of nitrogens with one attached hydrogen (secondary N) is 2. The van der Waals surface area contributed by atoms with Crippen LogP contribution in [0.5, 0.6) is 11.5 Å². The molecule has 0 radical (unpaired) electrons. The molecule has 2 heterocycles. The van der Waals surface area contributed by atoms with E-state index in [4.69, 9.17) is 4.74 Å². The second kappa shape index (κ2) is 9.22. The van der Waals surface area contributed by atoms with Gasteiger partial charge in [0.2, 0.25) is 5.95 Å². The van der Waals surface area contributed by atoms with Gasteiger partial charge in [-0.25, -0.2) is 4.98 Å². The van der Waals surface area contributed by atoms with Crippen molar-refractivity contribution in [1.82, 2.24) is 19.5 Å². The lowest BCUT2D eigenvalue weighted by molar-refractivity contribution is -0.110. The third-order valence-electron chi connectivity index (χ3n) is 4.65. The predicted octanol–water partition coefficient (Wildman–Crippen LogP) is 2.81. The number of hydrogen-bond acceptors (Lipinski definition) is 8. The number of aryl methyl sites for hydroxylation is 1. The van der Waals surface area contributed by atoms with Crippen LogP contribution in [-0.2, 0) is 17.9 Å². The van der Waals surface area contributed by atoms with Gasteiger partial charge in [0.15, 0.2) is 17.0 Å². The number of nitrogens with zero attached hydrogens (tertiary/aromatic N) is 4. The number of aromatic nitrogens is 4. The van der Waals surface area contributed by atoms with Gasteiger partial charge in [-0.2, -0.15) is 9.97 Å². The maximum atomic E-state index is 10.8. The van der Waals surface area contributed by atoms with Crippen molar-refractivity contribution in [2.24, 2.45) is 5.92 Å². The number of benzene rings is 1. The van der Waals surface area contributed by atoms with Gasteiger partial charge in [0.1, 0.15) is 17.8 Å². The topological polar surface area (TPSA) is 114 Å². The lowest BCUT2D eigenvalue weighted by Gasteiger charge is -2.12. The number of carbonyl (C=O) groups is 1. The molecular weight excluding hydrogens is 372 g/mol. The molecule has 1 aromatic carbocycles. The highest BCUT2D eigenvalue weighted by molar-refractivity contribution is 5.84. The summed E-state index contributed by atoms with van der Waals surface area (Å²) in [6, 6.07) is 5.07. The molecule has 9 heteroatoms. The molecular formula is C20H26N6O3. The Balaban J connectivity index is 1.85. The molecule has 3 N–H and O–H groups in total. The van der Waals surface area contributed by atoms with Crippen molar-refractivity contribution in [3.8, 4) is 11.5 Å². The molecule has 29 heavy (non-hydrogen) atoms. The van der Waals surface area contributed by atoms with Crippen LogP contribution in [0.1, 0.15) is 25.8 Å². The van der Waals surface area contributed by atoms with Gasteiger partial charge in [0, 0.05) is 31.1 Å². The van der Waals surface area contributed by atoms with E-state index in [9.17, 15) is 9.90 Å². The van der Waals surface area contributed by atoms with Gasteiger partial charge in [-0.15, -0.1) is 0 Å². The molecule has 2 aromatic heterocycles. The minimum atomic E-state index is -0.0268. The van der Waals surface area contributed by atoms with Gasteiger partial charge in [-0.1, -0.05) is 6.92 Å². The Kier molecular flexibility index (Phi) is 6.48. The molecule has 0 aliphatic heterocycles. The summed E-state index contributed by atoms with van der Waals surface area (Å²) in [4.78, 5) is 24.4. The minimum Gasteiger partial charge on any atom is -0.508 e. The highest BCUT2D eigenvalue weighted by atomic mass is 16.5. The number of hydrogen-bond donors (Lipinski definition) is 3. The Bertz CT molecular complexity index is 988. The summed E-state index contributed by atoms with van der Waals surface area (Å²) in [6.07, 6.45) is 3.36. The van der Waals surface area contributed by atoms with E-state index in [0.717, 1.165) is 12.8 Å². The number of imidazole rings is 1. The molecule has 1 atom stereocenters. The van der Waals surface area contributed by atoms with Crippen molar-refractivity contribution in [2.45, 2.75) is 33.4 Å². The molecule has 3 rings (SSSR count).